The molecule has 1 aliphatic rings. The molecule has 3 nitrogen and oxygen atoms in total. The topological polar surface area (TPSA) is 49.3 Å². The van der Waals surface area contributed by atoms with E-state index in [4.69, 9.17) is 16.7 Å². The van der Waals surface area contributed by atoms with E-state index in [1.165, 1.54) is 12.1 Å². The van der Waals surface area contributed by atoms with Gasteiger partial charge < -0.3 is 5.11 Å². The number of carbonyl (C=O) groups is 1. The van der Waals surface area contributed by atoms with Gasteiger partial charge in [-0.25, -0.2) is 4.39 Å². The van der Waals surface area contributed by atoms with Crippen LogP contribution in [0.5, 0.6) is 0 Å². The van der Waals surface area contributed by atoms with E-state index in [0.717, 1.165) is 5.75 Å². The first-order valence-corrected chi connectivity index (χ1v) is 6.55. The van der Waals surface area contributed by atoms with Crippen molar-refractivity contribution in [2.24, 2.45) is 0 Å². The van der Waals surface area contributed by atoms with Gasteiger partial charge in [-0.15, -0.1) is 11.8 Å². The molecule has 92 valence electrons. The van der Waals surface area contributed by atoms with Gasteiger partial charge in [0.25, 0.3) is 0 Å². The first-order valence-electron chi connectivity index (χ1n) is 5.13. The third-order valence-electron chi connectivity index (χ3n) is 2.53. The maximum Gasteiger partial charge on any atom is 0.320 e. The third-order valence-corrected chi connectivity index (χ3v) is 3.96. The smallest absolute Gasteiger partial charge is 0.320 e. The van der Waals surface area contributed by atoms with E-state index in [2.05, 4.69) is 5.32 Å². The number of aliphatic carboxylic acids is 1. The van der Waals surface area contributed by atoms with Crippen molar-refractivity contribution in [1.29, 1.82) is 0 Å². The predicted molar refractivity (Wildman–Crippen MR) is 65.8 cm³/mol. The van der Waals surface area contributed by atoms with Crippen LogP contribution in [0.2, 0.25) is 5.02 Å². The third kappa shape index (κ3) is 3.12. The van der Waals surface area contributed by atoms with Gasteiger partial charge >= 0.3 is 5.97 Å². The Kier molecular flexibility index (Phi) is 3.91. The number of hydrogen-bond donors (Lipinski definition) is 2. The van der Waals surface area contributed by atoms with Crippen molar-refractivity contribution in [3.05, 3.63) is 34.6 Å². The minimum absolute atomic E-state index is 0.224. The fourth-order valence-corrected chi connectivity index (χ4v) is 3.16. The molecule has 17 heavy (non-hydrogen) atoms. The number of carboxylic acid groups (broad SMARTS) is 1. The Labute approximate surface area is 107 Å². The molecule has 0 aromatic heterocycles. The molecule has 0 radical (unpaired) electrons. The van der Waals surface area contributed by atoms with Crippen molar-refractivity contribution >= 4 is 29.3 Å². The molecule has 1 aromatic carbocycles. The lowest BCUT2D eigenvalue weighted by atomic mass is 10.1. The molecule has 0 bridgehead atoms. The first-order chi connectivity index (χ1) is 8.06. The molecule has 2 N–H and O–H groups in total. The van der Waals surface area contributed by atoms with Crippen molar-refractivity contribution in [2.75, 3.05) is 5.75 Å². The minimum Gasteiger partial charge on any atom is -0.480 e. The van der Waals surface area contributed by atoms with E-state index in [0.29, 0.717) is 17.0 Å². The largest absolute Gasteiger partial charge is 0.480 e. The van der Waals surface area contributed by atoms with Crippen molar-refractivity contribution in [1.82, 2.24) is 5.32 Å². The van der Waals surface area contributed by atoms with E-state index < -0.39 is 17.8 Å². The summed E-state index contributed by atoms with van der Waals surface area (Å²) in [6.07, 6.45) is 0.569. The number of carboxylic acids is 1. The second-order valence-corrected chi connectivity index (χ2v) is 5.45. The highest BCUT2D eigenvalue weighted by molar-refractivity contribution is 7.99. The van der Waals surface area contributed by atoms with Crippen molar-refractivity contribution < 1.29 is 14.3 Å². The summed E-state index contributed by atoms with van der Waals surface area (Å²) in [7, 11) is 0. The van der Waals surface area contributed by atoms with Crippen LogP contribution in [0.1, 0.15) is 17.4 Å². The molecule has 0 spiro atoms. The van der Waals surface area contributed by atoms with Crippen LogP contribution in [0.3, 0.4) is 0 Å². The molecule has 1 heterocycles. The molecular formula is C11H11ClFNO2S. The highest BCUT2D eigenvalue weighted by Gasteiger charge is 2.27. The summed E-state index contributed by atoms with van der Waals surface area (Å²) in [6, 6.07) is 3.68. The number of nitrogens with one attached hydrogen (secondary N) is 1. The van der Waals surface area contributed by atoms with Crippen LogP contribution in [0, 0.1) is 5.82 Å². The maximum absolute atomic E-state index is 13.2. The van der Waals surface area contributed by atoms with Crippen molar-refractivity contribution in [3.8, 4) is 0 Å². The van der Waals surface area contributed by atoms with Crippen molar-refractivity contribution in [3.63, 3.8) is 0 Å². The molecule has 1 aliphatic heterocycles. The van der Waals surface area contributed by atoms with Gasteiger partial charge in [0, 0.05) is 5.02 Å². The molecule has 1 aromatic rings. The quantitative estimate of drug-likeness (QED) is 0.871. The first kappa shape index (κ1) is 12.7. The highest BCUT2D eigenvalue weighted by Crippen LogP contribution is 2.33. The number of rotatable bonds is 2. The molecule has 0 aliphatic carbocycles. The Hall–Kier alpha value is -0.780. The molecule has 0 amide bonds. The Morgan fingerprint density at radius 1 is 1.53 bits per heavy atom. The monoisotopic (exact) mass is 275 g/mol. The summed E-state index contributed by atoms with van der Waals surface area (Å²) in [5, 5.41) is 12.0. The van der Waals surface area contributed by atoms with E-state index in [-0.39, 0.29) is 5.37 Å². The Morgan fingerprint density at radius 2 is 2.29 bits per heavy atom. The second-order valence-electron chi connectivity index (χ2n) is 3.80. The van der Waals surface area contributed by atoms with Crippen LogP contribution in [0.25, 0.3) is 0 Å². The summed E-state index contributed by atoms with van der Waals surface area (Å²) in [5.41, 5.74) is 0.672. The fraction of sp³-hybridized carbons (Fsp3) is 0.364. The molecule has 1 fully saturated rings. The molecule has 6 heteroatoms. The van der Waals surface area contributed by atoms with E-state index >= 15 is 0 Å². The predicted octanol–water partition coefficient (Wildman–Crippen LogP) is 2.66. The zero-order valence-corrected chi connectivity index (χ0v) is 10.4. The van der Waals surface area contributed by atoms with Gasteiger partial charge in [0.15, 0.2) is 0 Å². The second kappa shape index (κ2) is 5.25. The van der Waals surface area contributed by atoms with Gasteiger partial charge in [-0.2, -0.15) is 0 Å². The molecule has 2 atom stereocenters. The van der Waals surface area contributed by atoms with Gasteiger partial charge in [0.05, 0.1) is 5.37 Å². The van der Waals surface area contributed by atoms with Crippen LogP contribution in [0.15, 0.2) is 18.2 Å². The Morgan fingerprint density at radius 3 is 2.94 bits per heavy atom. The number of benzene rings is 1. The SMILES string of the molecule is O=C(O)C1CCSC(c2cc(F)cc(Cl)c2)N1. The van der Waals surface area contributed by atoms with Gasteiger partial charge in [-0.1, -0.05) is 11.6 Å². The van der Waals surface area contributed by atoms with Crippen LogP contribution < -0.4 is 5.32 Å². The van der Waals surface area contributed by atoms with Crippen LogP contribution >= 0.6 is 23.4 Å². The molecule has 0 saturated carbocycles. The summed E-state index contributed by atoms with van der Waals surface area (Å²) in [6.45, 7) is 0. The highest BCUT2D eigenvalue weighted by atomic mass is 35.5. The minimum atomic E-state index is -0.877. The zero-order chi connectivity index (χ0) is 12.4. The number of thioether (sulfide) groups is 1. The molecule has 2 rings (SSSR count). The Balaban J connectivity index is 2.18. The van der Waals surface area contributed by atoms with Crippen LogP contribution in [0.4, 0.5) is 4.39 Å². The summed E-state index contributed by atoms with van der Waals surface area (Å²) >= 11 is 7.33. The average Bonchev–Trinajstić information content (AvgIpc) is 2.28. The van der Waals surface area contributed by atoms with Crippen LogP contribution in [-0.4, -0.2) is 22.9 Å². The zero-order valence-electron chi connectivity index (χ0n) is 8.82. The lowest BCUT2D eigenvalue weighted by Gasteiger charge is -2.28. The van der Waals surface area contributed by atoms with E-state index in [1.54, 1.807) is 17.8 Å². The van der Waals surface area contributed by atoms with Gasteiger partial charge in [-0.3, -0.25) is 10.1 Å². The molecular weight excluding hydrogens is 265 g/mol. The maximum atomic E-state index is 13.2. The van der Waals surface area contributed by atoms with Crippen molar-refractivity contribution in [2.45, 2.75) is 17.8 Å². The lowest BCUT2D eigenvalue weighted by Crippen LogP contribution is -2.41. The van der Waals surface area contributed by atoms with Gasteiger partial charge in [0.2, 0.25) is 0 Å². The van der Waals surface area contributed by atoms with Crippen LogP contribution in [-0.2, 0) is 4.79 Å². The normalized spacial score (nSPS) is 24.6. The number of hydrogen-bond acceptors (Lipinski definition) is 3. The Bertz CT molecular complexity index is 423. The standard InChI is InChI=1S/C11H11ClFNO2S/c12-7-3-6(4-8(13)5-7)10-14-9(11(15)16)1-2-17-10/h3-5,9-10,14H,1-2H2,(H,15,16). The summed E-state index contributed by atoms with van der Waals surface area (Å²) < 4.78 is 13.2. The van der Waals surface area contributed by atoms with Gasteiger partial charge in [0.1, 0.15) is 11.9 Å². The fourth-order valence-electron chi connectivity index (χ4n) is 1.73. The molecule has 2 unspecified atom stereocenters. The van der Waals surface area contributed by atoms with E-state index in [9.17, 15) is 9.18 Å². The number of halogens is 2. The molecule has 1 saturated heterocycles. The van der Waals surface area contributed by atoms with E-state index in [1.807, 2.05) is 0 Å². The van der Waals surface area contributed by atoms with Gasteiger partial charge in [-0.05, 0) is 35.9 Å². The average molecular weight is 276 g/mol. The summed E-state index contributed by atoms with van der Waals surface area (Å²) in [4.78, 5) is 10.9. The summed E-state index contributed by atoms with van der Waals surface area (Å²) in [5.74, 6) is -0.562. The lowest BCUT2D eigenvalue weighted by molar-refractivity contribution is -0.139.